The van der Waals surface area contributed by atoms with E-state index in [1.165, 1.54) is 10.4 Å². The molecule has 20 heavy (non-hydrogen) atoms. The van der Waals surface area contributed by atoms with Crippen molar-refractivity contribution in [2.75, 3.05) is 6.61 Å². The molecule has 0 saturated heterocycles. The van der Waals surface area contributed by atoms with Gasteiger partial charge in [0.25, 0.3) is 0 Å². The molecule has 1 aliphatic carbocycles. The maximum Gasteiger partial charge on any atom is 0.0673 e. The van der Waals surface area contributed by atoms with Crippen molar-refractivity contribution in [3.63, 3.8) is 0 Å². The lowest BCUT2D eigenvalue weighted by atomic mass is 9.88. The first-order chi connectivity index (χ1) is 9.86. The molecule has 2 aromatic rings. The van der Waals surface area contributed by atoms with E-state index in [1.807, 2.05) is 11.3 Å². The van der Waals surface area contributed by atoms with Crippen LogP contribution in [0.25, 0.3) is 0 Å². The van der Waals surface area contributed by atoms with E-state index in [4.69, 9.17) is 4.74 Å². The summed E-state index contributed by atoms with van der Waals surface area (Å²) < 4.78 is 5.65. The summed E-state index contributed by atoms with van der Waals surface area (Å²) in [7, 11) is 0. The summed E-state index contributed by atoms with van der Waals surface area (Å²) in [5, 5.41) is 5.94. The molecule has 1 aliphatic rings. The van der Waals surface area contributed by atoms with Gasteiger partial charge >= 0.3 is 0 Å². The predicted molar refractivity (Wildman–Crippen MR) is 84.2 cm³/mol. The maximum absolute atomic E-state index is 5.65. The molecule has 1 aromatic carbocycles. The zero-order valence-electron chi connectivity index (χ0n) is 11.8. The molecule has 1 saturated carbocycles. The number of rotatable bonds is 6. The van der Waals surface area contributed by atoms with Gasteiger partial charge in [0, 0.05) is 17.5 Å². The quantitative estimate of drug-likeness (QED) is 0.867. The van der Waals surface area contributed by atoms with E-state index in [9.17, 15) is 0 Å². The fourth-order valence-electron chi connectivity index (χ4n) is 2.75. The van der Waals surface area contributed by atoms with Crippen molar-refractivity contribution < 1.29 is 4.74 Å². The molecular weight excluding hydrogens is 266 g/mol. The van der Waals surface area contributed by atoms with Crippen molar-refractivity contribution in [1.82, 2.24) is 5.32 Å². The standard InChI is InChI=1S/C17H21NOS/c1-2-19-15-11-14(12-15)18-17(16-9-6-10-20-16)13-7-4-3-5-8-13/h3-10,14-15,17-18H,2,11-12H2,1H3. The average molecular weight is 287 g/mol. The van der Waals surface area contributed by atoms with Gasteiger partial charge in [-0.1, -0.05) is 36.4 Å². The van der Waals surface area contributed by atoms with Crippen LogP contribution in [-0.4, -0.2) is 18.8 Å². The van der Waals surface area contributed by atoms with Crippen LogP contribution in [0.1, 0.15) is 36.2 Å². The average Bonchev–Trinajstić information content (AvgIpc) is 2.96. The Kier molecular flexibility index (Phi) is 4.51. The largest absolute Gasteiger partial charge is 0.378 e. The van der Waals surface area contributed by atoms with Crippen molar-refractivity contribution >= 4 is 11.3 Å². The number of benzene rings is 1. The molecule has 106 valence electrons. The normalized spacial score (nSPS) is 23.2. The first-order valence-corrected chi connectivity index (χ1v) is 8.20. The molecule has 0 bridgehead atoms. The smallest absolute Gasteiger partial charge is 0.0673 e. The van der Waals surface area contributed by atoms with E-state index in [0.29, 0.717) is 18.2 Å². The molecule has 1 atom stereocenters. The van der Waals surface area contributed by atoms with Crippen LogP contribution in [-0.2, 0) is 4.74 Å². The van der Waals surface area contributed by atoms with Gasteiger partial charge in [0.15, 0.2) is 0 Å². The summed E-state index contributed by atoms with van der Waals surface area (Å²) in [6.07, 6.45) is 2.71. The van der Waals surface area contributed by atoms with Gasteiger partial charge in [-0.15, -0.1) is 11.3 Å². The third kappa shape index (κ3) is 3.11. The molecular formula is C17H21NOS. The van der Waals surface area contributed by atoms with E-state index < -0.39 is 0 Å². The van der Waals surface area contributed by atoms with E-state index in [-0.39, 0.29) is 0 Å². The molecule has 3 heteroatoms. The molecule has 1 heterocycles. The summed E-state index contributed by atoms with van der Waals surface area (Å²) in [5.41, 5.74) is 1.34. The van der Waals surface area contributed by atoms with Gasteiger partial charge in [-0.25, -0.2) is 0 Å². The zero-order valence-corrected chi connectivity index (χ0v) is 12.6. The monoisotopic (exact) mass is 287 g/mol. The minimum absolute atomic E-state index is 0.309. The molecule has 1 N–H and O–H groups in total. The lowest BCUT2D eigenvalue weighted by molar-refractivity contribution is -0.0114. The van der Waals surface area contributed by atoms with Gasteiger partial charge in [-0.3, -0.25) is 0 Å². The zero-order chi connectivity index (χ0) is 13.8. The predicted octanol–water partition coefficient (Wildman–Crippen LogP) is 3.99. The third-order valence-electron chi connectivity index (χ3n) is 3.86. The van der Waals surface area contributed by atoms with Gasteiger partial charge in [0.1, 0.15) is 0 Å². The lowest BCUT2D eigenvalue weighted by Crippen LogP contribution is -2.46. The van der Waals surface area contributed by atoms with Crippen LogP contribution in [0.3, 0.4) is 0 Å². The van der Waals surface area contributed by atoms with Crippen molar-refractivity contribution in [3.05, 3.63) is 58.3 Å². The second kappa shape index (κ2) is 6.53. The highest BCUT2D eigenvalue weighted by Crippen LogP contribution is 2.31. The van der Waals surface area contributed by atoms with Crippen LogP contribution in [0.2, 0.25) is 0 Å². The lowest BCUT2D eigenvalue weighted by Gasteiger charge is -2.38. The summed E-state index contributed by atoms with van der Waals surface area (Å²) in [6.45, 7) is 2.89. The Morgan fingerprint density at radius 3 is 2.65 bits per heavy atom. The summed E-state index contributed by atoms with van der Waals surface area (Å²) >= 11 is 1.82. The SMILES string of the molecule is CCOC1CC(NC(c2ccccc2)c2cccs2)C1. The minimum atomic E-state index is 0.309. The Balaban J connectivity index is 1.69. The van der Waals surface area contributed by atoms with Gasteiger partial charge < -0.3 is 10.1 Å². The molecule has 1 unspecified atom stereocenters. The number of hydrogen-bond acceptors (Lipinski definition) is 3. The van der Waals surface area contributed by atoms with Gasteiger partial charge in [-0.2, -0.15) is 0 Å². The first kappa shape index (κ1) is 13.8. The van der Waals surface area contributed by atoms with Crippen LogP contribution < -0.4 is 5.32 Å². The second-order valence-corrected chi connectivity index (χ2v) is 6.25. The molecule has 0 amide bonds. The maximum atomic E-state index is 5.65. The fourth-order valence-corrected chi connectivity index (χ4v) is 3.56. The summed E-state index contributed by atoms with van der Waals surface area (Å²) in [6, 6.07) is 15.9. The number of ether oxygens (including phenoxy) is 1. The van der Waals surface area contributed by atoms with Crippen molar-refractivity contribution in [3.8, 4) is 0 Å². The van der Waals surface area contributed by atoms with Gasteiger partial charge in [-0.05, 0) is 36.8 Å². The van der Waals surface area contributed by atoms with Gasteiger partial charge in [0.2, 0.25) is 0 Å². The molecule has 0 spiro atoms. The highest BCUT2D eigenvalue weighted by molar-refractivity contribution is 7.10. The van der Waals surface area contributed by atoms with Crippen LogP contribution in [0.5, 0.6) is 0 Å². The number of nitrogens with one attached hydrogen (secondary N) is 1. The molecule has 3 rings (SSSR count). The highest BCUT2D eigenvalue weighted by Gasteiger charge is 2.31. The van der Waals surface area contributed by atoms with Crippen LogP contribution in [0.4, 0.5) is 0 Å². The molecule has 1 fully saturated rings. The minimum Gasteiger partial charge on any atom is -0.378 e. The molecule has 0 radical (unpaired) electrons. The van der Waals surface area contributed by atoms with E-state index in [0.717, 1.165) is 19.4 Å². The van der Waals surface area contributed by atoms with Crippen molar-refractivity contribution in [1.29, 1.82) is 0 Å². The molecule has 1 aromatic heterocycles. The van der Waals surface area contributed by atoms with Crippen molar-refractivity contribution in [2.45, 2.75) is 38.0 Å². The Morgan fingerprint density at radius 1 is 1.20 bits per heavy atom. The molecule has 2 nitrogen and oxygen atoms in total. The van der Waals surface area contributed by atoms with E-state index >= 15 is 0 Å². The third-order valence-corrected chi connectivity index (χ3v) is 4.80. The Hall–Kier alpha value is -1.16. The molecule has 0 aliphatic heterocycles. The summed E-state index contributed by atoms with van der Waals surface area (Å²) in [5.74, 6) is 0. The highest BCUT2D eigenvalue weighted by atomic mass is 32.1. The van der Waals surface area contributed by atoms with Gasteiger partial charge in [0.05, 0.1) is 12.1 Å². The Bertz CT molecular complexity index is 505. The van der Waals surface area contributed by atoms with E-state index in [2.05, 4.69) is 60.1 Å². The number of thiophene rings is 1. The Morgan fingerprint density at radius 2 is 2.00 bits per heavy atom. The van der Waals surface area contributed by atoms with Crippen LogP contribution in [0, 0.1) is 0 Å². The van der Waals surface area contributed by atoms with Crippen molar-refractivity contribution in [2.24, 2.45) is 0 Å². The van der Waals surface area contributed by atoms with Crippen LogP contribution >= 0.6 is 11.3 Å². The van der Waals surface area contributed by atoms with Crippen LogP contribution in [0.15, 0.2) is 47.8 Å². The van der Waals surface area contributed by atoms with E-state index in [1.54, 1.807) is 0 Å². The second-order valence-electron chi connectivity index (χ2n) is 5.27. The summed E-state index contributed by atoms with van der Waals surface area (Å²) in [4.78, 5) is 1.39. The fraction of sp³-hybridized carbons (Fsp3) is 0.412. The first-order valence-electron chi connectivity index (χ1n) is 7.33. The topological polar surface area (TPSA) is 21.3 Å². The Labute approximate surface area is 124 Å². The number of hydrogen-bond donors (Lipinski definition) is 1.